The number of ether oxygens (including phenoxy) is 1. The van der Waals surface area contributed by atoms with Crippen molar-refractivity contribution < 1.29 is 19.0 Å². The number of aryl methyl sites for hydroxylation is 1. The van der Waals surface area contributed by atoms with Crippen molar-refractivity contribution >= 4 is 17.3 Å². The van der Waals surface area contributed by atoms with Crippen molar-refractivity contribution in [3.8, 4) is 0 Å². The first-order valence-electron chi connectivity index (χ1n) is 8.18. The van der Waals surface area contributed by atoms with Gasteiger partial charge in [0, 0.05) is 18.7 Å². The van der Waals surface area contributed by atoms with Crippen LogP contribution in [0, 0.1) is 17.0 Å². The molecule has 8 heteroatoms. The van der Waals surface area contributed by atoms with E-state index < -0.39 is 10.9 Å². The van der Waals surface area contributed by atoms with Crippen LogP contribution in [0.25, 0.3) is 0 Å². The van der Waals surface area contributed by atoms with Crippen LogP contribution in [-0.2, 0) is 17.9 Å². The zero-order valence-electron chi connectivity index (χ0n) is 14.5. The minimum Gasteiger partial charge on any atom is -0.455 e. The number of nitrogens with zero attached hydrogens (tertiary/aromatic N) is 2. The van der Waals surface area contributed by atoms with Crippen LogP contribution in [0.3, 0.4) is 0 Å². The number of hydrogen-bond acceptors (Lipinski definition) is 7. The van der Waals surface area contributed by atoms with E-state index in [0.29, 0.717) is 23.7 Å². The molecule has 1 aromatic heterocycles. The zero-order chi connectivity index (χ0) is 19.2. The first-order chi connectivity index (χ1) is 13.0. The van der Waals surface area contributed by atoms with Crippen molar-refractivity contribution in [1.29, 1.82) is 0 Å². The van der Waals surface area contributed by atoms with E-state index in [-0.39, 0.29) is 17.9 Å². The molecule has 3 rings (SSSR count). The van der Waals surface area contributed by atoms with E-state index in [9.17, 15) is 14.9 Å². The highest BCUT2D eigenvalue weighted by Gasteiger charge is 2.18. The van der Waals surface area contributed by atoms with Crippen LogP contribution in [0.1, 0.15) is 27.4 Å². The van der Waals surface area contributed by atoms with Gasteiger partial charge in [-0.2, -0.15) is 0 Å². The van der Waals surface area contributed by atoms with Gasteiger partial charge in [-0.25, -0.2) is 4.79 Å². The second kappa shape index (κ2) is 8.13. The molecule has 0 aliphatic heterocycles. The molecule has 0 saturated heterocycles. The number of esters is 1. The average molecular weight is 367 g/mol. The zero-order valence-corrected chi connectivity index (χ0v) is 14.5. The van der Waals surface area contributed by atoms with Crippen LogP contribution in [0.15, 0.2) is 59.1 Å². The molecule has 1 N–H and O–H groups in total. The summed E-state index contributed by atoms with van der Waals surface area (Å²) < 4.78 is 10.0. The predicted molar refractivity (Wildman–Crippen MR) is 97.2 cm³/mol. The normalized spacial score (nSPS) is 10.4. The number of hydrogen-bond donors (Lipinski definition) is 1. The Balaban J connectivity index is 1.70. The number of nitro benzene ring substituents is 1. The smallest absolute Gasteiger partial charge is 0.338 e. The van der Waals surface area contributed by atoms with Gasteiger partial charge in [-0.3, -0.25) is 10.1 Å². The molecule has 0 spiro atoms. The Hall–Kier alpha value is -3.68. The van der Waals surface area contributed by atoms with Crippen molar-refractivity contribution in [2.45, 2.75) is 20.1 Å². The van der Waals surface area contributed by atoms with Gasteiger partial charge in [0.15, 0.2) is 0 Å². The van der Waals surface area contributed by atoms with E-state index in [1.807, 2.05) is 30.3 Å². The second-order valence-electron chi connectivity index (χ2n) is 5.83. The lowest BCUT2D eigenvalue weighted by Crippen LogP contribution is -2.08. The minimum absolute atomic E-state index is 0.0714. The average Bonchev–Trinajstić information content (AvgIpc) is 3.10. The topological polar surface area (TPSA) is 108 Å². The highest BCUT2D eigenvalue weighted by atomic mass is 16.6. The fraction of sp³-hybridized carbons (Fsp3) is 0.158. The van der Waals surface area contributed by atoms with Gasteiger partial charge in [-0.15, -0.1) is 0 Å². The van der Waals surface area contributed by atoms with Crippen molar-refractivity contribution in [1.82, 2.24) is 5.16 Å². The quantitative estimate of drug-likeness (QED) is 0.384. The van der Waals surface area contributed by atoms with E-state index in [1.54, 1.807) is 13.0 Å². The molecular weight excluding hydrogens is 350 g/mol. The Morgan fingerprint density at radius 2 is 2.00 bits per heavy atom. The van der Waals surface area contributed by atoms with Crippen molar-refractivity contribution in [2.75, 3.05) is 5.32 Å². The van der Waals surface area contributed by atoms with Gasteiger partial charge >= 0.3 is 5.97 Å². The molecule has 0 aliphatic rings. The molecule has 0 bridgehead atoms. The number of carbonyl (C=O) groups is 1. The maximum absolute atomic E-state index is 12.2. The molecule has 27 heavy (non-hydrogen) atoms. The van der Waals surface area contributed by atoms with Gasteiger partial charge in [0.2, 0.25) is 0 Å². The fourth-order valence-electron chi connectivity index (χ4n) is 2.46. The van der Waals surface area contributed by atoms with Crippen LogP contribution in [0.4, 0.5) is 11.4 Å². The lowest BCUT2D eigenvalue weighted by Gasteiger charge is -2.09. The third kappa shape index (κ3) is 4.69. The lowest BCUT2D eigenvalue weighted by atomic mass is 10.1. The second-order valence-corrected chi connectivity index (χ2v) is 5.83. The molecule has 138 valence electrons. The number of rotatable bonds is 7. The van der Waals surface area contributed by atoms with Gasteiger partial charge in [0.1, 0.15) is 23.7 Å². The third-order valence-corrected chi connectivity index (χ3v) is 3.78. The third-order valence-electron chi connectivity index (χ3n) is 3.78. The molecule has 8 nitrogen and oxygen atoms in total. The first kappa shape index (κ1) is 18.1. The van der Waals surface area contributed by atoms with Gasteiger partial charge in [0.25, 0.3) is 5.69 Å². The summed E-state index contributed by atoms with van der Waals surface area (Å²) >= 11 is 0. The summed E-state index contributed by atoms with van der Waals surface area (Å²) in [7, 11) is 0. The number of nitrogens with one attached hydrogen (secondary N) is 1. The van der Waals surface area contributed by atoms with Crippen molar-refractivity contribution in [3.05, 3.63) is 87.3 Å². The van der Waals surface area contributed by atoms with Crippen LogP contribution < -0.4 is 5.32 Å². The Bertz CT molecular complexity index is 953. The molecular formula is C19H17N3O5. The first-order valence-corrected chi connectivity index (χ1v) is 8.18. The van der Waals surface area contributed by atoms with Crippen LogP contribution in [0.2, 0.25) is 0 Å². The molecule has 0 saturated carbocycles. The number of nitro groups is 1. The molecule has 3 aromatic rings. The Labute approximate surface area is 154 Å². The Morgan fingerprint density at radius 3 is 2.67 bits per heavy atom. The summed E-state index contributed by atoms with van der Waals surface area (Å²) in [6.07, 6.45) is 0. The van der Waals surface area contributed by atoms with Crippen LogP contribution in [0.5, 0.6) is 0 Å². The largest absolute Gasteiger partial charge is 0.455 e. The van der Waals surface area contributed by atoms with Gasteiger partial charge in [0.05, 0.1) is 10.5 Å². The van der Waals surface area contributed by atoms with E-state index in [0.717, 1.165) is 5.56 Å². The maximum atomic E-state index is 12.2. The minimum atomic E-state index is -0.673. The SMILES string of the molecule is Cc1cc(COC(=O)c2ccc(NCc3ccccc3)c([N+](=O)[O-])c2)no1. The summed E-state index contributed by atoms with van der Waals surface area (Å²) in [5.74, 6) is -0.0705. The summed E-state index contributed by atoms with van der Waals surface area (Å²) in [6, 6.07) is 15.3. The monoisotopic (exact) mass is 367 g/mol. The molecule has 0 aliphatic carbocycles. The molecule has 2 aromatic carbocycles. The van der Waals surface area contributed by atoms with Crippen LogP contribution in [-0.4, -0.2) is 16.0 Å². The van der Waals surface area contributed by atoms with Crippen molar-refractivity contribution in [3.63, 3.8) is 0 Å². The number of anilines is 1. The summed E-state index contributed by atoms with van der Waals surface area (Å²) in [6.45, 7) is 2.08. The Morgan fingerprint density at radius 1 is 1.22 bits per heavy atom. The van der Waals surface area contributed by atoms with Crippen molar-refractivity contribution in [2.24, 2.45) is 0 Å². The molecule has 0 amide bonds. The van der Waals surface area contributed by atoms with E-state index >= 15 is 0 Å². The van der Waals surface area contributed by atoms with Gasteiger partial charge in [-0.1, -0.05) is 35.5 Å². The summed E-state index contributed by atoms with van der Waals surface area (Å²) in [4.78, 5) is 23.0. The Kier molecular flexibility index (Phi) is 5.46. The standard InChI is InChI=1S/C19H17N3O5/c1-13-9-16(21-27-13)12-26-19(23)15-7-8-17(18(10-15)22(24)25)20-11-14-5-3-2-4-6-14/h2-10,20H,11-12H2,1H3. The fourth-order valence-corrected chi connectivity index (χ4v) is 2.46. The van der Waals surface area contributed by atoms with Gasteiger partial charge < -0.3 is 14.6 Å². The predicted octanol–water partition coefficient (Wildman–Crippen LogP) is 3.86. The molecule has 0 radical (unpaired) electrons. The molecule has 0 unspecified atom stereocenters. The molecule has 0 fully saturated rings. The number of aromatic nitrogens is 1. The van der Waals surface area contributed by atoms with E-state index in [1.165, 1.54) is 18.2 Å². The maximum Gasteiger partial charge on any atom is 0.338 e. The highest BCUT2D eigenvalue weighted by Crippen LogP contribution is 2.26. The van der Waals surface area contributed by atoms with E-state index in [2.05, 4.69) is 10.5 Å². The van der Waals surface area contributed by atoms with Crippen LogP contribution >= 0.6 is 0 Å². The summed E-state index contributed by atoms with van der Waals surface area (Å²) in [5, 5.41) is 18.1. The van der Waals surface area contributed by atoms with Gasteiger partial charge in [-0.05, 0) is 24.6 Å². The number of benzene rings is 2. The molecule has 0 atom stereocenters. The summed E-state index contributed by atoms with van der Waals surface area (Å²) in [5.41, 5.74) is 1.67. The highest BCUT2D eigenvalue weighted by molar-refractivity contribution is 5.91. The lowest BCUT2D eigenvalue weighted by molar-refractivity contribution is -0.384. The molecule has 1 heterocycles. The number of carbonyl (C=O) groups excluding carboxylic acids is 1. The van der Waals surface area contributed by atoms with E-state index in [4.69, 9.17) is 9.26 Å².